The Morgan fingerprint density at radius 3 is 1.20 bits per heavy atom. The Labute approximate surface area is 262 Å². The molecule has 0 bridgehead atoms. The number of carbonyl (C=O) groups is 2. The van der Waals surface area contributed by atoms with Crippen LogP contribution in [0.15, 0.2) is 121 Å². The Kier molecular flexibility index (Phi) is 9.41. The van der Waals surface area contributed by atoms with Crippen molar-refractivity contribution in [3.63, 3.8) is 0 Å². The van der Waals surface area contributed by atoms with Gasteiger partial charge in [-0.05, 0) is 62.4 Å². The third-order valence-electron chi connectivity index (χ3n) is 6.83. The van der Waals surface area contributed by atoms with Gasteiger partial charge in [0.25, 0.3) is 0 Å². The van der Waals surface area contributed by atoms with Crippen molar-refractivity contribution in [2.75, 3.05) is 0 Å². The molecule has 1 aliphatic rings. The van der Waals surface area contributed by atoms with Crippen molar-refractivity contribution < 1.29 is 29.3 Å². The van der Waals surface area contributed by atoms with Crippen molar-refractivity contribution in [1.29, 1.82) is 0 Å². The topological polar surface area (TPSA) is 93.1 Å². The van der Waals surface area contributed by atoms with Crippen LogP contribution >= 0.6 is 0 Å². The summed E-state index contributed by atoms with van der Waals surface area (Å²) in [6.45, 7) is 3.16. The zero-order chi connectivity index (χ0) is 31.8. The molecule has 4 aromatic rings. The van der Waals surface area contributed by atoms with E-state index >= 15 is 0 Å². The number of rotatable bonds is 6. The van der Waals surface area contributed by atoms with Crippen LogP contribution < -0.4 is 0 Å². The number of hydrogen-bond acceptors (Lipinski definition) is 6. The van der Waals surface area contributed by atoms with Gasteiger partial charge in [-0.15, -0.1) is 0 Å². The molecule has 2 N–H and O–H groups in total. The summed E-state index contributed by atoms with van der Waals surface area (Å²) in [4.78, 5) is 26.4. The summed E-state index contributed by atoms with van der Waals surface area (Å²) >= 11 is 0. The van der Waals surface area contributed by atoms with Crippen LogP contribution in [0.2, 0.25) is 0 Å². The van der Waals surface area contributed by atoms with Gasteiger partial charge in [0.1, 0.15) is 11.5 Å². The predicted octanol–water partition coefficient (Wildman–Crippen LogP) is 6.64. The summed E-state index contributed by atoms with van der Waals surface area (Å²) in [5.74, 6) is 9.11. The Balaban J connectivity index is 1.27. The number of aliphatic hydroxyl groups is 2. The smallest absolute Gasteiger partial charge is 0.191 e. The minimum atomic E-state index is -1.33. The van der Waals surface area contributed by atoms with Crippen LogP contribution in [0.25, 0.3) is 11.5 Å². The molecular weight excluding hydrogens is 564 g/mol. The highest BCUT2D eigenvalue weighted by Crippen LogP contribution is 2.31. The van der Waals surface area contributed by atoms with Gasteiger partial charge in [-0.2, -0.15) is 0 Å². The van der Waals surface area contributed by atoms with Gasteiger partial charge in [-0.1, -0.05) is 84.3 Å². The molecule has 0 radical (unpaired) electrons. The lowest BCUT2D eigenvalue weighted by molar-refractivity contribution is -0.155. The predicted molar refractivity (Wildman–Crippen MR) is 173 cm³/mol. The van der Waals surface area contributed by atoms with Gasteiger partial charge in [0.2, 0.25) is 0 Å². The van der Waals surface area contributed by atoms with Crippen molar-refractivity contribution in [3.05, 3.63) is 155 Å². The van der Waals surface area contributed by atoms with Crippen molar-refractivity contribution in [1.82, 2.24) is 0 Å². The molecule has 0 spiro atoms. The first-order valence-electron chi connectivity index (χ1n) is 14.3. The van der Waals surface area contributed by atoms with Crippen LogP contribution in [0.1, 0.15) is 47.2 Å². The summed E-state index contributed by atoms with van der Waals surface area (Å²) in [5.41, 5.74) is 4.02. The summed E-state index contributed by atoms with van der Waals surface area (Å²) in [5, 5.41) is 21.4. The zero-order valence-electron chi connectivity index (χ0n) is 24.7. The molecule has 2 atom stereocenters. The van der Waals surface area contributed by atoms with E-state index in [0.717, 1.165) is 34.4 Å². The Morgan fingerprint density at radius 1 is 0.556 bits per heavy atom. The third kappa shape index (κ3) is 8.25. The summed E-state index contributed by atoms with van der Waals surface area (Å²) < 4.78 is 11.5. The Morgan fingerprint density at radius 2 is 0.867 bits per heavy atom. The molecule has 1 fully saturated rings. The highest BCUT2D eigenvalue weighted by atomic mass is 16.8. The first-order chi connectivity index (χ1) is 21.7. The van der Waals surface area contributed by atoms with Crippen LogP contribution in [0.4, 0.5) is 0 Å². The Bertz CT molecular complexity index is 1720. The van der Waals surface area contributed by atoms with E-state index in [9.17, 15) is 19.8 Å². The number of benzene rings is 4. The summed E-state index contributed by atoms with van der Waals surface area (Å²) in [7, 11) is 0. The SMILES string of the molecule is CC1(C)O[C@@H](C(=O)/C=C(\O)c2ccc(C#Cc3ccccc3)cc2)[C@H](C(=O)/C=C(\O)c2ccc(C#Cc3ccccc3)cc2)O1. The van der Waals surface area contributed by atoms with E-state index in [0.29, 0.717) is 11.1 Å². The van der Waals surface area contributed by atoms with Gasteiger partial charge in [0.15, 0.2) is 29.6 Å². The molecule has 1 heterocycles. The van der Waals surface area contributed by atoms with Crippen LogP contribution in [-0.4, -0.2) is 39.8 Å². The monoisotopic (exact) mass is 594 g/mol. The van der Waals surface area contributed by atoms with E-state index < -0.39 is 29.6 Å². The standard InChI is InChI=1S/C39H30O6/c1-39(2)44-37(35(42)25-33(40)31-21-17-29(18-22-31)15-13-27-9-5-3-6-10-27)38(45-39)36(43)26-34(41)32-23-19-30(20-24-32)16-14-28-11-7-4-8-12-28/h3-12,17-26,37-38,40-41H,1-2H3/b33-25-,34-26-/t37-,38-/m0/s1. The highest BCUT2D eigenvalue weighted by molar-refractivity contribution is 6.06. The number of carbonyl (C=O) groups excluding carboxylic acids is 2. The van der Waals surface area contributed by atoms with Gasteiger partial charge in [0.05, 0.1) is 0 Å². The maximum Gasteiger partial charge on any atom is 0.191 e. The van der Waals surface area contributed by atoms with Gasteiger partial charge in [-0.25, -0.2) is 0 Å². The maximum absolute atomic E-state index is 13.2. The van der Waals surface area contributed by atoms with Crippen molar-refractivity contribution in [2.45, 2.75) is 31.8 Å². The number of hydrogen-bond donors (Lipinski definition) is 2. The van der Waals surface area contributed by atoms with E-state index in [1.165, 1.54) is 0 Å². The minimum absolute atomic E-state index is 0.295. The number of ether oxygens (including phenoxy) is 2. The molecule has 5 rings (SSSR count). The van der Waals surface area contributed by atoms with Crippen molar-refractivity contribution >= 4 is 23.1 Å². The third-order valence-corrected chi connectivity index (χ3v) is 6.83. The zero-order valence-corrected chi connectivity index (χ0v) is 24.7. The molecule has 4 aromatic carbocycles. The summed E-state index contributed by atoms with van der Waals surface area (Å²) in [6.07, 6.45) is -0.631. The normalized spacial score (nSPS) is 17.4. The van der Waals surface area contributed by atoms with E-state index in [2.05, 4.69) is 23.7 Å². The molecular formula is C39H30O6. The second kappa shape index (κ2) is 13.8. The molecule has 0 aliphatic carbocycles. The Hall–Kier alpha value is -5.66. The van der Waals surface area contributed by atoms with E-state index in [1.807, 2.05) is 60.7 Å². The van der Waals surface area contributed by atoms with Gasteiger partial charge < -0.3 is 19.7 Å². The second-order valence-electron chi connectivity index (χ2n) is 10.7. The minimum Gasteiger partial charge on any atom is -0.507 e. The van der Waals surface area contributed by atoms with Gasteiger partial charge in [0, 0.05) is 45.5 Å². The quantitative estimate of drug-likeness (QED) is 0.148. The molecule has 0 aromatic heterocycles. The molecule has 1 saturated heterocycles. The molecule has 0 saturated carbocycles. The lowest BCUT2D eigenvalue weighted by Gasteiger charge is -2.15. The molecule has 6 nitrogen and oxygen atoms in total. The van der Waals surface area contributed by atoms with Crippen LogP contribution in [0.5, 0.6) is 0 Å². The van der Waals surface area contributed by atoms with Crippen LogP contribution in [0, 0.1) is 23.7 Å². The average Bonchev–Trinajstić information content (AvgIpc) is 3.40. The molecule has 222 valence electrons. The first-order valence-corrected chi connectivity index (χ1v) is 14.3. The highest BCUT2D eigenvalue weighted by Gasteiger charge is 2.47. The van der Waals surface area contributed by atoms with Gasteiger partial charge in [-0.3, -0.25) is 9.59 Å². The first kappa shape index (κ1) is 30.8. The van der Waals surface area contributed by atoms with E-state index in [4.69, 9.17) is 9.47 Å². The van der Waals surface area contributed by atoms with Crippen LogP contribution in [0.3, 0.4) is 0 Å². The second-order valence-corrected chi connectivity index (χ2v) is 10.7. The number of aliphatic hydroxyl groups excluding tert-OH is 2. The van der Waals surface area contributed by atoms with Gasteiger partial charge >= 0.3 is 0 Å². The van der Waals surface area contributed by atoms with Crippen molar-refractivity contribution in [2.24, 2.45) is 0 Å². The fourth-order valence-electron chi connectivity index (χ4n) is 4.56. The fraction of sp³-hybridized carbons (Fsp3) is 0.128. The lowest BCUT2D eigenvalue weighted by Crippen LogP contribution is -2.36. The lowest BCUT2D eigenvalue weighted by atomic mass is 10.0. The number of ketones is 2. The van der Waals surface area contributed by atoms with E-state index in [1.54, 1.807) is 62.4 Å². The molecule has 0 unspecified atom stereocenters. The maximum atomic E-state index is 13.2. The molecule has 6 heteroatoms. The largest absolute Gasteiger partial charge is 0.507 e. The summed E-state index contributed by atoms with van der Waals surface area (Å²) in [6, 6.07) is 32.6. The molecule has 45 heavy (non-hydrogen) atoms. The molecule has 0 amide bonds. The van der Waals surface area contributed by atoms with Crippen molar-refractivity contribution in [3.8, 4) is 23.7 Å². The van der Waals surface area contributed by atoms with E-state index in [-0.39, 0.29) is 11.5 Å². The average molecular weight is 595 g/mol. The molecule has 1 aliphatic heterocycles. The van der Waals surface area contributed by atoms with Crippen LogP contribution in [-0.2, 0) is 19.1 Å². The fourth-order valence-corrected chi connectivity index (χ4v) is 4.56.